The molecule has 0 radical (unpaired) electrons. The van der Waals surface area contributed by atoms with Gasteiger partial charge in [0.05, 0.1) is 22.1 Å². The van der Waals surface area contributed by atoms with Crippen LogP contribution in [0.15, 0.2) is 76.7 Å². The summed E-state index contributed by atoms with van der Waals surface area (Å²) in [6.45, 7) is 2.87. The maximum atomic E-state index is 5.61. The molecule has 0 aliphatic heterocycles. The van der Waals surface area contributed by atoms with Crippen LogP contribution in [0, 0.1) is 0 Å². The topological polar surface area (TPSA) is 133 Å². The van der Waals surface area contributed by atoms with Crippen LogP contribution in [0.4, 0.5) is 11.4 Å². The molecule has 33 heavy (non-hydrogen) atoms. The summed E-state index contributed by atoms with van der Waals surface area (Å²) in [5.41, 5.74) is 27.0. The molecule has 8 N–H and O–H groups in total. The van der Waals surface area contributed by atoms with Gasteiger partial charge < -0.3 is 22.9 Å². The molecule has 7 nitrogen and oxygen atoms in total. The summed E-state index contributed by atoms with van der Waals surface area (Å²) in [6.07, 6.45) is 0. The van der Waals surface area contributed by atoms with E-state index >= 15 is 0 Å². The molecule has 0 bridgehead atoms. The molecule has 0 unspecified atom stereocenters. The Balaban J connectivity index is 0.00000181. The number of nitrogens with zero attached hydrogens (tertiary/aromatic N) is 3. The number of aliphatic imine (C=N–C) groups is 2. The summed E-state index contributed by atoms with van der Waals surface area (Å²) >= 11 is 0. The largest absolute Gasteiger partial charge is 0.370 e. The molecule has 0 saturated heterocycles. The first-order chi connectivity index (χ1) is 14.5. The number of benzene rings is 3. The first kappa shape index (κ1) is 27.8. The maximum Gasteiger partial charge on any atom is 0.220 e. The van der Waals surface area contributed by atoms with Crippen molar-refractivity contribution in [1.29, 1.82) is 0 Å². The van der Waals surface area contributed by atoms with E-state index in [9.17, 15) is 0 Å². The molecule has 3 aromatic carbocycles. The molecule has 0 saturated carbocycles. The number of hydrogen-bond donors (Lipinski definition) is 4. The van der Waals surface area contributed by atoms with Gasteiger partial charge in [0.25, 0.3) is 0 Å². The molecule has 1 heterocycles. The molecular weight excluding hydrogens is 481 g/mol. The highest BCUT2D eigenvalue weighted by Crippen LogP contribution is 2.35. The fourth-order valence-corrected chi connectivity index (χ4v) is 3.87. The second-order valence-corrected chi connectivity index (χ2v) is 6.96. The summed E-state index contributed by atoms with van der Waals surface area (Å²) in [7, 11) is 0. The van der Waals surface area contributed by atoms with E-state index in [2.05, 4.69) is 33.6 Å². The van der Waals surface area contributed by atoms with E-state index in [1.165, 1.54) is 0 Å². The highest BCUT2D eigenvalue weighted by atomic mass is 35.5. The van der Waals surface area contributed by atoms with Gasteiger partial charge in [-0.05, 0) is 43.3 Å². The number of nitrogens with two attached hydrogens (primary N) is 4. The number of halogens is 3. The third-order valence-corrected chi connectivity index (χ3v) is 4.97. The Bertz CT molecular complexity index is 1310. The minimum absolute atomic E-state index is 0. The van der Waals surface area contributed by atoms with Crippen LogP contribution in [-0.2, 0) is 6.54 Å². The number of pyridine rings is 1. The van der Waals surface area contributed by atoms with Crippen LogP contribution in [0.25, 0.3) is 32.9 Å². The first-order valence-electron chi connectivity index (χ1n) is 9.66. The second kappa shape index (κ2) is 11.6. The molecule has 10 heteroatoms. The number of fused-ring (bicyclic) bond motifs is 3. The molecule has 174 valence electrons. The van der Waals surface area contributed by atoms with Crippen LogP contribution >= 0.6 is 37.2 Å². The van der Waals surface area contributed by atoms with Gasteiger partial charge in [0.1, 0.15) is 6.54 Å². The van der Waals surface area contributed by atoms with Gasteiger partial charge >= 0.3 is 0 Å². The summed E-state index contributed by atoms with van der Waals surface area (Å²) in [6, 6.07) is 22.2. The SMILES string of the molecule is CC[n+]1c(-c2ccccc2)c2cc(N=C(N)N)ccc2c2ccc(N=C(N)N)cc21.Cl.Cl.Cl. The Morgan fingerprint density at radius 3 is 1.79 bits per heavy atom. The minimum Gasteiger partial charge on any atom is -0.370 e. The van der Waals surface area contributed by atoms with E-state index in [0.717, 1.165) is 39.5 Å². The van der Waals surface area contributed by atoms with Crippen LogP contribution in [-0.4, -0.2) is 11.9 Å². The first-order valence-corrected chi connectivity index (χ1v) is 9.66. The fourth-order valence-electron chi connectivity index (χ4n) is 3.87. The van der Waals surface area contributed by atoms with Gasteiger partial charge in [0, 0.05) is 17.0 Å². The molecule has 1 aromatic heterocycles. The van der Waals surface area contributed by atoms with E-state index in [-0.39, 0.29) is 49.1 Å². The van der Waals surface area contributed by atoms with E-state index < -0.39 is 0 Å². The van der Waals surface area contributed by atoms with Gasteiger partial charge in [-0.15, -0.1) is 37.2 Å². The zero-order valence-corrected chi connectivity index (χ0v) is 20.4. The zero-order chi connectivity index (χ0) is 21.3. The Morgan fingerprint density at radius 2 is 1.24 bits per heavy atom. The second-order valence-electron chi connectivity index (χ2n) is 6.96. The molecule has 0 aliphatic carbocycles. The number of aryl methyl sites for hydroxylation is 1. The van der Waals surface area contributed by atoms with E-state index in [1.54, 1.807) is 0 Å². The van der Waals surface area contributed by atoms with Crippen molar-refractivity contribution in [2.45, 2.75) is 13.5 Å². The third kappa shape index (κ3) is 5.57. The standard InChI is InChI=1S/C23H23N7.3ClH/c1-2-30-20-13-16(29-23(26)27)9-11-18(20)17-10-8-15(28-22(24)25)12-19(17)21(30)14-6-4-3-5-7-14;;;/h3-13H,2H2,1H3,(H7,24,25,26,27,28);3*1H/p+1. The van der Waals surface area contributed by atoms with E-state index in [4.69, 9.17) is 22.9 Å². The monoisotopic (exact) mass is 506 g/mol. The van der Waals surface area contributed by atoms with Crippen LogP contribution in [0.3, 0.4) is 0 Å². The molecule has 0 aliphatic rings. The molecule has 0 fully saturated rings. The molecule has 4 rings (SSSR count). The molecular formula is C23H27Cl3N7+. The van der Waals surface area contributed by atoms with Gasteiger partial charge in [-0.2, -0.15) is 4.57 Å². The van der Waals surface area contributed by atoms with Crippen molar-refractivity contribution in [1.82, 2.24) is 0 Å². The van der Waals surface area contributed by atoms with Crippen molar-refractivity contribution in [2.75, 3.05) is 0 Å². The Hall–Kier alpha value is -3.26. The zero-order valence-electron chi connectivity index (χ0n) is 17.9. The fraction of sp³-hybridized carbons (Fsp3) is 0.0870. The lowest BCUT2D eigenvalue weighted by molar-refractivity contribution is -0.655. The van der Waals surface area contributed by atoms with Crippen LogP contribution in [0.2, 0.25) is 0 Å². The highest BCUT2D eigenvalue weighted by Gasteiger charge is 2.22. The number of rotatable bonds is 4. The number of guanidine groups is 2. The van der Waals surface area contributed by atoms with Gasteiger partial charge in [0.2, 0.25) is 11.2 Å². The van der Waals surface area contributed by atoms with Crippen molar-refractivity contribution >= 4 is 82.2 Å². The van der Waals surface area contributed by atoms with Crippen LogP contribution in [0.5, 0.6) is 0 Å². The summed E-state index contributed by atoms with van der Waals surface area (Å²) in [4.78, 5) is 8.47. The molecule has 4 aromatic rings. The quantitative estimate of drug-likeness (QED) is 0.143. The average molecular weight is 508 g/mol. The van der Waals surface area contributed by atoms with Crippen molar-refractivity contribution < 1.29 is 4.57 Å². The third-order valence-electron chi connectivity index (χ3n) is 4.97. The smallest absolute Gasteiger partial charge is 0.220 e. The maximum absolute atomic E-state index is 5.61. The van der Waals surface area contributed by atoms with Crippen LogP contribution in [0.1, 0.15) is 6.92 Å². The molecule has 0 amide bonds. The predicted octanol–water partition coefficient (Wildman–Crippen LogP) is 4.04. The minimum atomic E-state index is 0. The number of aromatic nitrogens is 1. The van der Waals surface area contributed by atoms with Gasteiger partial charge in [0.15, 0.2) is 11.9 Å². The summed E-state index contributed by atoms with van der Waals surface area (Å²) in [5.74, 6) is 0.0602. The van der Waals surface area contributed by atoms with Gasteiger partial charge in [-0.3, -0.25) is 0 Å². The average Bonchev–Trinajstić information content (AvgIpc) is 2.72. The molecule has 0 spiro atoms. The lowest BCUT2D eigenvalue weighted by Crippen LogP contribution is -2.36. The lowest BCUT2D eigenvalue weighted by atomic mass is 9.98. The normalized spacial score (nSPS) is 9.85. The predicted molar refractivity (Wildman–Crippen MR) is 145 cm³/mol. The van der Waals surface area contributed by atoms with Crippen molar-refractivity contribution in [3.8, 4) is 11.3 Å². The Labute approximate surface area is 210 Å². The van der Waals surface area contributed by atoms with Gasteiger partial charge in [-0.1, -0.05) is 24.3 Å². The van der Waals surface area contributed by atoms with E-state index in [1.807, 2.05) is 54.6 Å². The van der Waals surface area contributed by atoms with Crippen molar-refractivity contribution in [3.63, 3.8) is 0 Å². The highest BCUT2D eigenvalue weighted by molar-refractivity contribution is 6.10. The van der Waals surface area contributed by atoms with Gasteiger partial charge in [-0.25, -0.2) is 9.98 Å². The van der Waals surface area contributed by atoms with Crippen LogP contribution < -0.4 is 27.5 Å². The Morgan fingerprint density at radius 1 is 0.697 bits per heavy atom. The van der Waals surface area contributed by atoms with Crippen molar-refractivity contribution in [3.05, 3.63) is 66.7 Å². The Kier molecular flexibility index (Phi) is 9.73. The lowest BCUT2D eigenvalue weighted by Gasteiger charge is -2.12. The molecule has 0 atom stereocenters. The number of hydrogen-bond acceptors (Lipinski definition) is 2. The van der Waals surface area contributed by atoms with E-state index in [0.29, 0.717) is 11.4 Å². The summed E-state index contributed by atoms with van der Waals surface area (Å²) in [5, 5.41) is 3.25. The van der Waals surface area contributed by atoms with Crippen molar-refractivity contribution in [2.24, 2.45) is 32.9 Å². The summed E-state index contributed by atoms with van der Waals surface area (Å²) < 4.78 is 2.26.